The van der Waals surface area contributed by atoms with E-state index >= 15 is 0 Å². The number of benzene rings is 2. The summed E-state index contributed by atoms with van der Waals surface area (Å²) in [5.41, 5.74) is 6.91. The van der Waals surface area contributed by atoms with Crippen LogP contribution in [0.15, 0.2) is 48.5 Å². The summed E-state index contributed by atoms with van der Waals surface area (Å²) < 4.78 is 36.8. The van der Waals surface area contributed by atoms with Crippen molar-refractivity contribution < 1.29 is 18.3 Å². The molecule has 3 nitrogen and oxygen atoms in total. The second kappa shape index (κ2) is 7.45. The molecule has 0 radical (unpaired) electrons. The largest absolute Gasteiger partial charge is 0.382 e. The zero-order valence-electron chi connectivity index (χ0n) is 12.4. The van der Waals surface area contributed by atoms with Crippen LogP contribution in [0.2, 0.25) is 0 Å². The molecule has 0 amide bonds. The van der Waals surface area contributed by atoms with Crippen LogP contribution in [0.25, 0.3) is 0 Å². The second-order valence-electron chi connectivity index (χ2n) is 5.03. The first kappa shape index (κ1) is 16.5. The molecular formula is C17H19F2NO2. The van der Waals surface area contributed by atoms with Crippen molar-refractivity contribution in [1.29, 1.82) is 0 Å². The molecule has 0 spiro atoms. The van der Waals surface area contributed by atoms with Gasteiger partial charge in [0.2, 0.25) is 0 Å². The molecule has 0 aliphatic rings. The average Bonchev–Trinajstić information content (AvgIpc) is 2.52. The summed E-state index contributed by atoms with van der Waals surface area (Å²) in [7, 11) is 1.58. The molecule has 2 N–H and O–H groups in total. The fraction of sp³-hybridized carbons (Fsp3) is 0.294. The van der Waals surface area contributed by atoms with Crippen LogP contribution in [0.5, 0.6) is 0 Å². The lowest BCUT2D eigenvalue weighted by Crippen LogP contribution is -2.43. The molecule has 2 rings (SSSR count). The molecule has 5 heteroatoms. The lowest BCUT2D eigenvalue weighted by molar-refractivity contribution is 0.0502. The van der Waals surface area contributed by atoms with Gasteiger partial charge in [0.15, 0.2) is 0 Å². The lowest BCUT2D eigenvalue weighted by Gasteiger charge is -2.30. The van der Waals surface area contributed by atoms with Crippen molar-refractivity contribution in [3.63, 3.8) is 0 Å². The van der Waals surface area contributed by atoms with Gasteiger partial charge in [-0.3, -0.25) is 0 Å². The van der Waals surface area contributed by atoms with Gasteiger partial charge in [0, 0.05) is 7.11 Å². The summed E-state index contributed by atoms with van der Waals surface area (Å²) in [6, 6.07) is 11.8. The van der Waals surface area contributed by atoms with Gasteiger partial charge < -0.3 is 15.2 Å². The van der Waals surface area contributed by atoms with E-state index < -0.39 is 5.54 Å². The monoisotopic (exact) mass is 307 g/mol. The Morgan fingerprint density at radius 3 is 1.73 bits per heavy atom. The molecule has 0 saturated carbocycles. The number of hydrogen-bond donors (Lipinski definition) is 1. The zero-order chi connectivity index (χ0) is 16.0. The van der Waals surface area contributed by atoms with Crippen LogP contribution in [0.1, 0.15) is 11.1 Å². The van der Waals surface area contributed by atoms with Crippen LogP contribution in [-0.4, -0.2) is 26.9 Å². The molecule has 2 aromatic rings. The number of rotatable bonds is 7. The highest BCUT2D eigenvalue weighted by Gasteiger charge is 2.30. The van der Waals surface area contributed by atoms with Crippen molar-refractivity contribution >= 4 is 0 Å². The quantitative estimate of drug-likeness (QED) is 0.800. The molecule has 0 aliphatic heterocycles. The first-order chi connectivity index (χ1) is 10.6. The van der Waals surface area contributed by atoms with Gasteiger partial charge in [-0.15, -0.1) is 0 Å². The Hall–Kier alpha value is -1.82. The highest BCUT2D eigenvalue weighted by Crippen LogP contribution is 2.28. The maximum absolute atomic E-state index is 13.1. The van der Waals surface area contributed by atoms with E-state index in [9.17, 15) is 8.78 Å². The highest BCUT2D eigenvalue weighted by molar-refractivity contribution is 5.38. The number of nitrogens with two attached hydrogens (primary N) is 1. The minimum atomic E-state index is -0.991. The summed E-state index contributed by atoms with van der Waals surface area (Å²) in [6.07, 6.45) is 0. The first-order valence-corrected chi connectivity index (χ1v) is 6.94. The number of methoxy groups -OCH3 is 1. The van der Waals surface area contributed by atoms with E-state index in [-0.39, 0.29) is 18.2 Å². The minimum absolute atomic E-state index is 0.174. The summed E-state index contributed by atoms with van der Waals surface area (Å²) in [6.45, 7) is 1.01. The van der Waals surface area contributed by atoms with E-state index in [0.29, 0.717) is 24.3 Å². The molecule has 0 aliphatic carbocycles. The van der Waals surface area contributed by atoms with Gasteiger partial charge in [0.25, 0.3) is 0 Å². The molecule has 2 aromatic carbocycles. The van der Waals surface area contributed by atoms with Crippen molar-refractivity contribution in [2.75, 3.05) is 26.9 Å². The number of ether oxygens (including phenoxy) is 2. The second-order valence-corrected chi connectivity index (χ2v) is 5.03. The fourth-order valence-corrected chi connectivity index (χ4v) is 2.20. The lowest BCUT2D eigenvalue weighted by atomic mass is 9.84. The van der Waals surface area contributed by atoms with Gasteiger partial charge in [0.05, 0.1) is 25.4 Å². The summed E-state index contributed by atoms with van der Waals surface area (Å²) >= 11 is 0. The van der Waals surface area contributed by atoms with E-state index in [1.54, 1.807) is 31.4 Å². The van der Waals surface area contributed by atoms with E-state index in [1.165, 1.54) is 24.3 Å². The van der Waals surface area contributed by atoms with Crippen molar-refractivity contribution in [2.45, 2.75) is 5.54 Å². The van der Waals surface area contributed by atoms with E-state index in [1.807, 2.05) is 0 Å². The zero-order valence-corrected chi connectivity index (χ0v) is 12.4. The van der Waals surface area contributed by atoms with Gasteiger partial charge in [-0.1, -0.05) is 24.3 Å². The molecule has 0 heterocycles. The van der Waals surface area contributed by atoms with Gasteiger partial charge >= 0.3 is 0 Å². The predicted octanol–water partition coefficient (Wildman–Crippen LogP) is 2.83. The first-order valence-electron chi connectivity index (χ1n) is 6.94. The standard InChI is InChI=1S/C17H19F2NO2/c1-21-10-11-22-12-17(20,13-2-6-15(18)7-3-13)14-4-8-16(19)9-5-14/h2-9H,10-12,20H2,1H3. The Balaban J connectivity index is 2.30. The van der Waals surface area contributed by atoms with Crippen molar-refractivity contribution in [1.82, 2.24) is 0 Å². The van der Waals surface area contributed by atoms with Gasteiger partial charge in [0.1, 0.15) is 11.6 Å². The van der Waals surface area contributed by atoms with Crippen molar-refractivity contribution in [3.8, 4) is 0 Å². The van der Waals surface area contributed by atoms with Gasteiger partial charge in [-0.2, -0.15) is 0 Å². The Morgan fingerprint density at radius 2 is 1.32 bits per heavy atom. The van der Waals surface area contributed by atoms with Gasteiger partial charge in [-0.05, 0) is 35.4 Å². The van der Waals surface area contributed by atoms with Crippen LogP contribution in [0.4, 0.5) is 8.78 Å². The molecule has 0 unspecified atom stereocenters. The summed E-state index contributed by atoms with van der Waals surface area (Å²) in [5, 5.41) is 0. The summed E-state index contributed by atoms with van der Waals surface area (Å²) in [4.78, 5) is 0. The van der Waals surface area contributed by atoms with Crippen LogP contribution >= 0.6 is 0 Å². The highest BCUT2D eigenvalue weighted by atomic mass is 19.1. The third-order valence-corrected chi connectivity index (χ3v) is 3.48. The Bertz CT molecular complexity index is 539. The van der Waals surface area contributed by atoms with Crippen LogP contribution in [0, 0.1) is 11.6 Å². The smallest absolute Gasteiger partial charge is 0.123 e. The fourth-order valence-electron chi connectivity index (χ4n) is 2.20. The van der Waals surface area contributed by atoms with Crippen molar-refractivity contribution in [3.05, 3.63) is 71.3 Å². The molecule has 118 valence electrons. The van der Waals surface area contributed by atoms with Gasteiger partial charge in [-0.25, -0.2) is 8.78 Å². The van der Waals surface area contributed by atoms with E-state index in [0.717, 1.165) is 0 Å². The summed E-state index contributed by atoms with van der Waals surface area (Å²) in [5.74, 6) is -0.684. The third kappa shape index (κ3) is 3.88. The number of hydrogen-bond acceptors (Lipinski definition) is 3. The molecule has 0 bridgehead atoms. The predicted molar refractivity (Wildman–Crippen MR) is 80.5 cm³/mol. The SMILES string of the molecule is COCCOCC(N)(c1ccc(F)cc1)c1ccc(F)cc1. The van der Waals surface area contributed by atoms with Crippen LogP contribution < -0.4 is 5.73 Å². The Kier molecular flexibility index (Phi) is 5.60. The van der Waals surface area contributed by atoms with E-state index in [4.69, 9.17) is 15.2 Å². The molecule has 0 saturated heterocycles. The third-order valence-electron chi connectivity index (χ3n) is 3.48. The molecule has 22 heavy (non-hydrogen) atoms. The Labute approximate surface area is 128 Å². The van der Waals surface area contributed by atoms with Crippen LogP contribution in [-0.2, 0) is 15.0 Å². The maximum Gasteiger partial charge on any atom is 0.123 e. The van der Waals surface area contributed by atoms with E-state index in [2.05, 4.69) is 0 Å². The molecular weight excluding hydrogens is 288 g/mol. The molecule has 0 aromatic heterocycles. The topological polar surface area (TPSA) is 44.5 Å². The normalized spacial score (nSPS) is 11.6. The Morgan fingerprint density at radius 1 is 0.864 bits per heavy atom. The van der Waals surface area contributed by atoms with Crippen LogP contribution in [0.3, 0.4) is 0 Å². The van der Waals surface area contributed by atoms with Crippen molar-refractivity contribution in [2.24, 2.45) is 5.73 Å². The molecule has 0 fully saturated rings. The average molecular weight is 307 g/mol. The maximum atomic E-state index is 13.1. The number of halogens is 2. The minimum Gasteiger partial charge on any atom is -0.382 e. The molecule has 0 atom stereocenters.